The number of hydrogen-bond acceptors (Lipinski definition) is 6. The lowest BCUT2D eigenvalue weighted by atomic mass is 9.87. The van der Waals surface area contributed by atoms with Crippen molar-refractivity contribution in [2.75, 3.05) is 18.5 Å². The molecule has 2 rings (SSSR count). The average molecular weight is 301 g/mol. The standard InChI is InChI=1S/C13H21ClN4O2/c1-2-7-20-13-17-11(14)16-12(18-13)15-8-9-3-5-10(19)6-4-9/h9-10,19H,2-8H2,1H3,(H,15,16,17,18). The molecule has 112 valence electrons. The van der Waals surface area contributed by atoms with Crippen LogP contribution in [0.3, 0.4) is 0 Å². The largest absolute Gasteiger partial charge is 0.463 e. The normalized spacial score (nSPS) is 22.6. The molecule has 6 nitrogen and oxygen atoms in total. The Kier molecular flexibility index (Phi) is 5.79. The van der Waals surface area contributed by atoms with Crippen LogP contribution in [0, 0.1) is 5.92 Å². The number of aromatic nitrogens is 3. The number of halogens is 1. The molecule has 0 aromatic carbocycles. The molecule has 1 saturated carbocycles. The van der Waals surface area contributed by atoms with Crippen molar-refractivity contribution in [3.63, 3.8) is 0 Å². The topological polar surface area (TPSA) is 80.2 Å². The van der Waals surface area contributed by atoms with Crippen molar-refractivity contribution in [3.05, 3.63) is 5.28 Å². The zero-order valence-electron chi connectivity index (χ0n) is 11.7. The molecule has 0 radical (unpaired) electrons. The molecule has 1 heterocycles. The van der Waals surface area contributed by atoms with Gasteiger partial charge >= 0.3 is 6.01 Å². The first-order valence-corrected chi connectivity index (χ1v) is 7.51. The van der Waals surface area contributed by atoms with Gasteiger partial charge < -0.3 is 15.2 Å². The molecule has 1 aromatic rings. The molecule has 0 unspecified atom stereocenters. The molecule has 1 aliphatic rings. The summed E-state index contributed by atoms with van der Waals surface area (Å²) in [6.07, 6.45) is 4.53. The van der Waals surface area contributed by atoms with Gasteiger partial charge in [-0.15, -0.1) is 0 Å². The molecule has 0 saturated heterocycles. The Bertz CT molecular complexity index is 425. The number of rotatable bonds is 6. The summed E-state index contributed by atoms with van der Waals surface area (Å²) in [5.74, 6) is 0.983. The second-order valence-corrected chi connectivity index (χ2v) is 5.45. The highest BCUT2D eigenvalue weighted by Crippen LogP contribution is 2.24. The van der Waals surface area contributed by atoms with Crippen molar-refractivity contribution in [2.24, 2.45) is 5.92 Å². The number of aliphatic hydroxyl groups is 1. The maximum Gasteiger partial charge on any atom is 0.322 e. The second-order valence-electron chi connectivity index (χ2n) is 5.11. The monoisotopic (exact) mass is 300 g/mol. The Morgan fingerprint density at radius 2 is 2.00 bits per heavy atom. The fourth-order valence-electron chi connectivity index (χ4n) is 2.25. The molecule has 1 aliphatic carbocycles. The molecular formula is C13H21ClN4O2. The van der Waals surface area contributed by atoms with E-state index < -0.39 is 0 Å². The molecule has 0 bridgehead atoms. The van der Waals surface area contributed by atoms with Crippen molar-refractivity contribution >= 4 is 17.5 Å². The van der Waals surface area contributed by atoms with Gasteiger partial charge in [0.2, 0.25) is 11.2 Å². The van der Waals surface area contributed by atoms with Crippen molar-refractivity contribution in [3.8, 4) is 6.01 Å². The van der Waals surface area contributed by atoms with Gasteiger partial charge in [-0.25, -0.2) is 0 Å². The lowest BCUT2D eigenvalue weighted by Crippen LogP contribution is -2.24. The quantitative estimate of drug-likeness (QED) is 0.839. The predicted molar refractivity (Wildman–Crippen MR) is 77.1 cm³/mol. The summed E-state index contributed by atoms with van der Waals surface area (Å²) in [4.78, 5) is 12.1. The van der Waals surface area contributed by atoms with Gasteiger partial charge in [-0.1, -0.05) is 6.92 Å². The fraction of sp³-hybridized carbons (Fsp3) is 0.769. The van der Waals surface area contributed by atoms with Crippen LogP contribution in [0.2, 0.25) is 5.28 Å². The van der Waals surface area contributed by atoms with E-state index in [1.165, 1.54) is 0 Å². The Balaban J connectivity index is 1.87. The Hall–Kier alpha value is -1.14. The maximum absolute atomic E-state index is 9.48. The molecule has 1 aromatic heterocycles. The van der Waals surface area contributed by atoms with Crippen molar-refractivity contribution < 1.29 is 9.84 Å². The minimum Gasteiger partial charge on any atom is -0.463 e. The second kappa shape index (κ2) is 7.59. The summed E-state index contributed by atoms with van der Waals surface area (Å²) in [6, 6.07) is 0.258. The number of anilines is 1. The van der Waals surface area contributed by atoms with E-state index in [4.69, 9.17) is 16.3 Å². The first-order chi connectivity index (χ1) is 9.67. The first-order valence-electron chi connectivity index (χ1n) is 7.13. The van der Waals surface area contributed by atoms with E-state index in [0.717, 1.165) is 38.6 Å². The summed E-state index contributed by atoms with van der Waals surface area (Å²) in [5.41, 5.74) is 0. The van der Waals surface area contributed by atoms with Gasteiger partial charge in [0, 0.05) is 6.54 Å². The van der Waals surface area contributed by atoms with Crippen LogP contribution < -0.4 is 10.1 Å². The third-order valence-corrected chi connectivity index (χ3v) is 3.56. The van der Waals surface area contributed by atoms with Gasteiger partial charge in [0.25, 0.3) is 0 Å². The van der Waals surface area contributed by atoms with Crippen molar-refractivity contribution in [1.29, 1.82) is 0 Å². The SMILES string of the molecule is CCCOc1nc(Cl)nc(NCC2CCC(O)CC2)n1. The van der Waals surface area contributed by atoms with E-state index in [9.17, 15) is 5.11 Å². The maximum atomic E-state index is 9.48. The van der Waals surface area contributed by atoms with Crippen LogP contribution in [0.25, 0.3) is 0 Å². The van der Waals surface area contributed by atoms with Crippen molar-refractivity contribution in [2.45, 2.75) is 45.1 Å². The lowest BCUT2D eigenvalue weighted by Gasteiger charge is -2.25. The Morgan fingerprint density at radius 1 is 1.25 bits per heavy atom. The molecule has 0 atom stereocenters. The van der Waals surface area contributed by atoms with Gasteiger partial charge in [0.1, 0.15) is 0 Å². The van der Waals surface area contributed by atoms with E-state index >= 15 is 0 Å². The van der Waals surface area contributed by atoms with Gasteiger partial charge in [0.15, 0.2) is 0 Å². The van der Waals surface area contributed by atoms with Crippen LogP contribution >= 0.6 is 11.6 Å². The van der Waals surface area contributed by atoms with Gasteiger partial charge in [-0.3, -0.25) is 0 Å². The van der Waals surface area contributed by atoms with Gasteiger partial charge in [-0.05, 0) is 49.6 Å². The highest BCUT2D eigenvalue weighted by atomic mass is 35.5. The Morgan fingerprint density at radius 3 is 2.70 bits per heavy atom. The summed E-state index contributed by atoms with van der Waals surface area (Å²) in [5, 5.41) is 12.8. The number of nitrogens with zero attached hydrogens (tertiary/aromatic N) is 3. The Labute approximate surface area is 123 Å². The van der Waals surface area contributed by atoms with Gasteiger partial charge in [-0.2, -0.15) is 15.0 Å². The first kappa shape index (κ1) is 15.3. The van der Waals surface area contributed by atoms with Crippen molar-refractivity contribution in [1.82, 2.24) is 15.0 Å². The highest BCUT2D eigenvalue weighted by Gasteiger charge is 2.19. The number of ether oxygens (including phenoxy) is 1. The number of hydrogen-bond donors (Lipinski definition) is 2. The average Bonchev–Trinajstić information content (AvgIpc) is 2.44. The summed E-state index contributed by atoms with van der Waals surface area (Å²) >= 11 is 5.85. The third-order valence-electron chi connectivity index (χ3n) is 3.39. The molecule has 0 spiro atoms. The molecular weight excluding hydrogens is 280 g/mol. The van der Waals surface area contributed by atoms with Crippen LogP contribution in [0.5, 0.6) is 6.01 Å². The molecule has 0 amide bonds. The molecule has 7 heteroatoms. The lowest BCUT2D eigenvalue weighted by molar-refractivity contribution is 0.111. The van der Waals surface area contributed by atoms with E-state index in [-0.39, 0.29) is 17.4 Å². The zero-order chi connectivity index (χ0) is 14.4. The van der Waals surface area contributed by atoms with Crippen LogP contribution in [0.1, 0.15) is 39.0 Å². The smallest absolute Gasteiger partial charge is 0.322 e. The van der Waals surface area contributed by atoms with Gasteiger partial charge in [0.05, 0.1) is 12.7 Å². The van der Waals surface area contributed by atoms with E-state index in [2.05, 4.69) is 20.3 Å². The number of nitrogens with one attached hydrogen (secondary N) is 1. The number of aliphatic hydroxyl groups excluding tert-OH is 1. The van der Waals surface area contributed by atoms with Crippen LogP contribution in [-0.2, 0) is 0 Å². The van der Waals surface area contributed by atoms with E-state index in [0.29, 0.717) is 18.5 Å². The highest BCUT2D eigenvalue weighted by molar-refractivity contribution is 6.28. The van der Waals surface area contributed by atoms with Crippen LogP contribution in [-0.4, -0.2) is 39.3 Å². The minimum atomic E-state index is -0.132. The summed E-state index contributed by atoms with van der Waals surface area (Å²) in [7, 11) is 0. The molecule has 0 aliphatic heterocycles. The minimum absolute atomic E-state index is 0.132. The third kappa shape index (κ3) is 4.76. The molecule has 2 N–H and O–H groups in total. The predicted octanol–water partition coefficient (Wildman–Crippen LogP) is 2.28. The van der Waals surface area contributed by atoms with Crippen LogP contribution in [0.15, 0.2) is 0 Å². The zero-order valence-corrected chi connectivity index (χ0v) is 12.4. The van der Waals surface area contributed by atoms with Crippen LogP contribution in [0.4, 0.5) is 5.95 Å². The van der Waals surface area contributed by atoms with E-state index in [1.54, 1.807) is 0 Å². The summed E-state index contributed by atoms with van der Waals surface area (Å²) < 4.78 is 5.36. The summed E-state index contributed by atoms with van der Waals surface area (Å²) in [6.45, 7) is 3.35. The molecule has 20 heavy (non-hydrogen) atoms. The molecule has 1 fully saturated rings. The fourth-order valence-corrected chi connectivity index (χ4v) is 2.41. The van der Waals surface area contributed by atoms with E-state index in [1.807, 2.05) is 6.92 Å².